The van der Waals surface area contributed by atoms with Gasteiger partial charge in [0.25, 0.3) is 11.8 Å². The number of hydrogen-bond donors (Lipinski definition) is 1. The topological polar surface area (TPSA) is 93.0 Å². The molecule has 0 aliphatic carbocycles. The molecule has 5 rings (SSSR count). The summed E-state index contributed by atoms with van der Waals surface area (Å²) in [5.41, 5.74) is 4.14. The van der Waals surface area contributed by atoms with Crippen LogP contribution in [-0.2, 0) is 25.9 Å². The van der Waals surface area contributed by atoms with Crippen LogP contribution in [0.1, 0.15) is 50.5 Å². The molecule has 1 aliphatic rings. The van der Waals surface area contributed by atoms with Gasteiger partial charge in [0.15, 0.2) is 5.82 Å². The Morgan fingerprint density at radius 2 is 1.83 bits per heavy atom. The maximum Gasteiger partial charge on any atom is 0.254 e. The summed E-state index contributed by atoms with van der Waals surface area (Å²) in [5, 5.41) is 12.4. The number of nitrogens with one attached hydrogen (secondary N) is 1. The number of carbonyl (C=O) groups excluding carboxylic acids is 2. The van der Waals surface area contributed by atoms with Crippen LogP contribution < -0.4 is 5.32 Å². The van der Waals surface area contributed by atoms with E-state index in [9.17, 15) is 9.59 Å². The van der Waals surface area contributed by atoms with E-state index in [1.54, 1.807) is 12.1 Å². The Kier molecular flexibility index (Phi) is 6.27. The van der Waals surface area contributed by atoms with E-state index in [1.807, 2.05) is 46.7 Å². The van der Waals surface area contributed by atoms with Gasteiger partial charge in [0.2, 0.25) is 0 Å². The zero-order chi connectivity index (χ0) is 24.4. The Hall–Kier alpha value is -4.07. The van der Waals surface area contributed by atoms with E-state index in [0.29, 0.717) is 43.0 Å². The number of rotatable bonds is 5. The Bertz CT molecular complexity index is 1400. The van der Waals surface area contributed by atoms with Crippen molar-refractivity contribution in [1.29, 1.82) is 0 Å². The molecule has 2 aromatic heterocycles. The van der Waals surface area contributed by atoms with Crippen molar-refractivity contribution in [2.24, 2.45) is 0 Å². The van der Waals surface area contributed by atoms with Crippen LogP contribution in [0.2, 0.25) is 0 Å². The number of fused-ring (bicyclic) bond motifs is 2. The molecule has 0 spiro atoms. The summed E-state index contributed by atoms with van der Waals surface area (Å²) >= 11 is 0. The lowest BCUT2D eigenvalue weighted by Crippen LogP contribution is -2.34. The zero-order valence-electron chi connectivity index (χ0n) is 20.0. The van der Waals surface area contributed by atoms with Gasteiger partial charge in [-0.05, 0) is 49.2 Å². The average Bonchev–Trinajstić information content (AvgIpc) is 3.15. The standard InChI is InChI=1S/C27H28N6O2/c1-3-19-9-10-23-21(16-19)22(15-18(2)29-23)27(35)32-12-11-24-30-31-25(33(24)14-13-32)17-28-26(34)20-7-5-4-6-8-20/h4-10,15-16H,3,11-14,17H2,1-2H3,(H,28,34). The average molecular weight is 469 g/mol. The van der Waals surface area contributed by atoms with Gasteiger partial charge in [0.05, 0.1) is 17.6 Å². The van der Waals surface area contributed by atoms with Crippen molar-refractivity contribution in [3.05, 3.63) is 88.6 Å². The minimum Gasteiger partial charge on any atom is -0.345 e. The van der Waals surface area contributed by atoms with Crippen molar-refractivity contribution in [3.8, 4) is 0 Å². The largest absolute Gasteiger partial charge is 0.345 e. The van der Waals surface area contributed by atoms with E-state index < -0.39 is 0 Å². The lowest BCUT2D eigenvalue weighted by atomic mass is 10.0. The molecule has 1 aliphatic heterocycles. The fraction of sp³-hybridized carbons (Fsp3) is 0.296. The number of pyridine rings is 1. The van der Waals surface area contributed by atoms with Gasteiger partial charge >= 0.3 is 0 Å². The highest BCUT2D eigenvalue weighted by Gasteiger charge is 2.24. The summed E-state index contributed by atoms with van der Waals surface area (Å²) in [5.74, 6) is 1.37. The molecule has 35 heavy (non-hydrogen) atoms. The number of benzene rings is 2. The normalized spacial score (nSPS) is 13.4. The molecule has 0 saturated carbocycles. The van der Waals surface area contributed by atoms with Gasteiger partial charge in [0.1, 0.15) is 5.82 Å². The molecule has 3 heterocycles. The Balaban J connectivity index is 1.32. The Labute approximate surface area is 204 Å². The van der Waals surface area contributed by atoms with Crippen LogP contribution in [0.3, 0.4) is 0 Å². The lowest BCUT2D eigenvalue weighted by Gasteiger charge is -2.21. The van der Waals surface area contributed by atoms with Gasteiger partial charge < -0.3 is 14.8 Å². The predicted molar refractivity (Wildman–Crippen MR) is 133 cm³/mol. The van der Waals surface area contributed by atoms with Crippen molar-refractivity contribution in [2.45, 2.75) is 39.8 Å². The molecule has 8 heteroatoms. The van der Waals surface area contributed by atoms with Crippen molar-refractivity contribution in [1.82, 2.24) is 30.0 Å². The third-order valence-corrected chi connectivity index (χ3v) is 6.47. The summed E-state index contributed by atoms with van der Waals surface area (Å²) in [7, 11) is 0. The molecule has 4 aromatic rings. The van der Waals surface area contributed by atoms with Crippen molar-refractivity contribution in [3.63, 3.8) is 0 Å². The molecule has 2 amide bonds. The monoisotopic (exact) mass is 468 g/mol. The fourth-order valence-electron chi connectivity index (χ4n) is 4.54. The quantitative estimate of drug-likeness (QED) is 0.485. The highest BCUT2D eigenvalue weighted by Crippen LogP contribution is 2.23. The van der Waals surface area contributed by atoms with E-state index in [0.717, 1.165) is 28.8 Å². The van der Waals surface area contributed by atoms with Crippen LogP contribution in [0.15, 0.2) is 54.6 Å². The second-order valence-electron chi connectivity index (χ2n) is 8.79. The number of amides is 2. The molecule has 0 fully saturated rings. The smallest absolute Gasteiger partial charge is 0.254 e. The van der Waals surface area contributed by atoms with Crippen LogP contribution in [0.4, 0.5) is 0 Å². The van der Waals surface area contributed by atoms with Crippen molar-refractivity contribution < 1.29 is 9.59 Å². The molecule has 0 saturated heterocycles. The van der Waals surface area contributed by atoms with Crippen LogP contribution in [-0.4, -0.2) is 49.6 Å². The number of aromatic nitrogens is 4. The van der Waals surface area contributed by atoms with Gasteiger partial charge in [0, 0.05) is 42.7 Å². The highest BCUT2D eigenvalue weighted by atomic mass is 16.2. The van der Waals surface area contributed by atoms with Gasteiger partial charge in [-0.15, -0.1) is 10.2 Å². The molecule has 1 N–H and O–H groups in total. The van der Waals surface area contributed by atoms with Crippen LogP contribution in [0.5, 0.6) is 0 Å². The first-order valence-corrected chi connectivity index (χ1v) is 12.0. The van der Waals surface area contributed by atoms with Crippen LogP contribution in [0.25, 0.3) is 10.9 Å². The molecule has 0 unspecified atom stereocenters. The molecule has 0 atom stereocenters. The van der Waals surface area contributed by atoms with Crippen LogP contribution in [0, 0.1) is 6.92 Å². The molecule has 0 radical (unpaired) electrons. The van der Waals surface area contributed by atoms with E-state index in [-0.39, 0.29) is 18.4 Å². The van der Waals surface area contributed by atoms with Gasteiger partial charge in [-0.25, -0.2) is 0 Å². The molecule has 0 bridgehead atoms. The molecular formula is C27H28N6O2. The first kappa shape index (κ1) is 22.7. The maximum absolute atomic E-state index is 13.6. The summed E-state index contributed by atoms with van der Waals surface area (Å²) < 4.78 is 2.02. The summed E-state index contributed by atoms with van der Waals surface area (Å²) in [6.07, 6.45) is 1.51. The summed E-state index contributed by atoms with van der Waals surface area (Å²) in [4.78, 5) is 32.6. The van der Waals surface area contributed by atoms with E-state index in [1.165, 1.54) is 5.56 Å². The first-order chi connectivity index (χ1) is 17.0. The minimum absolute atomic E-state index is 0.00592. The van der Waals surface area contributed by atoms with E-state index in [4.69, 9.17) is 0 Å². The maximum atomic E-state index is 13.6. The van der Waals surface area contributed by atoms with Crippen LogP contribution >= 0.6 is 0 Å². The number of carbonyl (C=O) groups is 2. The Morgan fingerprint density at radius 1 is 1.00 bits per heavy atom. The van der Waals surface area contributed by atoms with E-state index in [2.05, 4.69) is 39.6 Å². The Morgan fingerprint density at radius 3 is 2.63 bits per heavy atom. The third-order valence-electron chi connectivity index (χ3n) is 6.47. The number of hydrogen-bond acceptors (Lipinski definition) is 5. The van der Waals surface area contributed by atoms with Gasteiger partial charge in [-0.1, -0.05) is 31.2 Å². The second-order valence-corrected chi connectivity index (χ2v) is 8.79. The molecule has 2 aromatic carbocycles. The van der Waals surface area contributed by atoms with E-state index >= 15 is 0 Å². The lowest BCUT2D eigenvalue weighted by molar-refractivity contribution is 0.0760. The summed E-state index contributed by atoms with van der Waals surface area (Å²) in [6, 6.07) is 17.1. The molecule has 8 nitrogen and oxygen atoms in total. The highest BCUT2D eigenvalue weighted by molar-refractivity contribution is 6.06. The second kappa shape index (κ2) is 9.66. The number of aryl methyl sites for hydroxylation is 2. The fourth-order valence-corrected chi connectivity index (χ4v) is 4.54. The third kappa shape index (κ3) is 4.64. The predicted octanol–water partition coefficient (Wildman–Crippen LogP) is 3.33. The van der Waals surface area contributed by atoms with Gasteiger partial charge in [-0.2, -0.15) is 0 Å². The van der Waals surface area contributed by atoms with Gasteiger partial charge in [-0.3, -0.25) is 14.6 Å². The minimum atomic E-state index is -0.153. The number of nitrogens with zero attached hydrogens (tertiary/aromatic N) is 5. The zero-order valence-corrected chi connectivity index (χ0v) is 20.0. The molecular weight excluding hydrogens is 440 g/mol. The van der Waals surface area contributed by atoms with Crippen molar-refractivity contribution in [2.75, 3.05) is 13.1 Å². The SMILES string of the molecule is CCc1ccc2nc(C)cc(C(=O)N3CCc4nnc(CNC(=O)c5ccccc5)n4CC3)c2c1. The van der Waals surface area contributed by atoms with Crippen molar-refractivity contribution >= 4 is 22.7 Å². The summed E-state index contributed by atoms with van der Waals surface area (Å²) in [6.45, 7) is 5.98. The first-order valence-electron chi connectivity index (χ1n) is 12.0. The molecule has 178 valence electrons.